The summed E-state index contributed by atoms with van der Waals surface area (Å²) in [4.78, 5) is 21.5. The van der Waals surface area contributed by atoms with E-state index in [1.165, 1.54) is 0 Å². The summed E-state index contributed by atoms with van der Waals surface area (Å²) in [5.41, 5.74) is 2.35. The number of aromatic nitrogens is 2. The van der Waals surface area contributed by atoms with Gasteiger partial charge in [-0.3, -0.25) is 4.79 Å². The van der Waals surface area contributed by atoms with Crippen molar-refractivity contribution < 1.29 is 13.9 Å². The largest absolute Gasteiger partial charge is 0.478 e. The van der Waals surface area contributed by atoms with Gasteiger partial charge in [0.25, 0.3) is 5.91 Å². The minimum Gasteiger partial charge on any atom is -0.478 e. The van der Waals surface area contributed by atoms with Gasteiger partial charge in [0.05, 0.1) is 0 Å². The van der Waals surface area contributed by atoms with Gasteiger partial charge in [0.2, 0.25) is 5.89 Å². The molecule has 0 bridgehead atoms. The normalized spacial score (nSPS) is 11.5. The SMILES string of the molecule is Cc1ccc(-c2nc3ncccc3o2)cc1NC(=O)C(C)(C)Oc1ccc(Cl)cc1. The second-order valence-electron chi connectivity index (χ2n) is 7.39. The minimum absolute atomic E-state index is 0.281. The molecule has 0 saturated heterocycles. The number of hydrogen-bond acceptors (Lipinski definition) is 5. The van der Waals surface area contributed by atoms with E-state index in [4.69, 9.17) is 20.8 Å². The predicted molar refractivity (Wildman–Crippen MR) is 117 cm³/mol. The summed E-state index contributed by atoms with van der Waals surface area (Å²) in [6, 6.07) is 16.1. The van der Waals surface area contributed by atoms with Crippen LogP contribution in [0.3, 0.4) is 0 Å². The molecular weight excluding hydrogens is 402 g/mol. The average Bonchev–Trinajstić information content (AvgIpc) is 3.15. The summed E-state index contributed by atoms with van der Waals surface area (Å²) in [6.45, 7) is 5.34. The summed E-state index contributed by atoms with van der Waals surface area (Å²) >= 11 is 5.91. The molecule has 4 aromatic rings. The number of anilines is 1. The van der Waals surface area contributed by atoms with Crippen molar-refractivity contribution in [3.8, 4) is 17.2 Å². The van der Waals surface area contributed by atoms with Gasteiger partial charge in [-0.1, -0.05) is 17.7 Å². The van der Waals surface area contributed by atoms with E-state index < -0.39 is 5.60 Å². The Hall–Kier alpha value is -3.38. The summed E-state index contributed by atoms with van der Waals surface area (Å²) in [7, 11) is 0. The van der Waals surface area contributed by atoms with E-state index in [1.807, 2.05) is 31.2 Å². The van der Waals surface area contributed by atoms with E-state index in [9.17, 15) is 4.79 Å². The maximum atomic E-state index is 12.9. The monoisotopic (exact) mass is 421 g/mol. The number of hydrogen-bond donors (Lipinski definition) is 1. The molecule has 0 atom stereocenters. The summed E-state index contributed by atoms with van der Waals surface area (Å²) in [5.74, 6) is 0.719. The van der Waals surface area contributed by atoms with Crippen LogP contribution in [-0.4, -0.2) is 21.5 Å². The minimum atomic E-state index is -1.10. The summed E-state index contributed by atoms with van der Waals surface area (Å²) in [5, 5.41) is 3.55. The van der Waals surface area contributed by atoms with Crippen LogP contribution in [0.5, 0.6) is 5.75 Å². The Kier molecular flexibility index (Phi) is 5.18. The second-order valence-corrected chi connectivity index (χ2v) is 7.83. The molecule has 0 fully saturated rings. The molecule has 1 N–H and O–H groups in total. The van der Waals surface area contributed by atoms with Crippen molar-refractivity contribution in [1.82, 2.24) is 9.97 Å². The molecular formula is C23H20ClN3O3. The fourth-order valence-corrected chi connectivity index (χ4v) is 3.02. The number of nitrogens with one attached hydrogen (secondary N) is 1. The van der Waals surface area contributed by atoms with Gasteiger partial charge in [-0.05, 0) is 74.9 Å². The number of carbonyl (C=O) groups is 1. The van der Waals surface area contributed by atoms with Crippen molar-refractivity contribution in [2.24, 2.45) is 0 Å². The Labute approximate surface area is 178 Å². The molecule has 0 aliphatic carbocycles. The van der Waals surface area contributed by atoms with E-state index in [-0.39, 0.29) is 5.91 Å². The highest BCUT2D eigenvalue weighted by molar-refractivity contribution is 6.30. The third-order valence-electron chi connectivity index (χ3n) is 4.63. The quantitative estimate of drug-likeness (QED) is 0.450. The second kappa shape index (κ2) is 7.80. The zero-order valence-electron chi connectivity index (χ0n) is 16.8. The van der Waals surface area contributed by atoms with Crippen molar-refractivity contribution in [2.75, 3.05) is 5.32 Å². The molecule has 1 amide bonds. The fraction of sp³-hybridized carbons (Fsp3) is 0.174. The smallest absolute Gasteiger partial charge is 0.267 e. The van der Waals surface area contributed by atoms with E-state index in [0.29, 0.717) is 33.6 Å². The van der Waals surface area contributed by atoms with Gasteiger partial charge >= 0.3 is 0 Å². The predicted octanol–water partition coefficient (Wildman–Crippen LogP) is 5.65. The number of oxazole rings is 1. The molecule has 0 aliphatic heterocycles. The number of pyridine rings is 1. The molecule has 6 nitrogen and oxygen atoms in total. The average molecular weight is 422 g/mol. The standard InChI is InChI=1S/C23H20ClN3O3/c1-14-6-7-15(21-27-20-19(29-21)5-4-12-25-20)13-18(14)26-22(28)23(2,3)30-17-10-8-16(24)9-11-17/h4-13H,1-3H3,(H,26,28). The third-order valence-corrected chi connectivity index (χ3v) is 4.88. The lowest BCUT2D eigenvalue weighted by Crippen LogP contribution is -2.42. The number of halogens is 1. The highest BCUT2D eigenvalue weighted by Crippen LogP contribution is 2.28. The first-order valence-corrected chi connectivity index (χ1v) is 9.78. The van der Waals surface area contributed by atoms with Gasteiger partial charge in [0.1, 0.15) is 5.75 Å². The molecule has 7 heteroatoms. The first-order valence-electron chi connectivity index (χ1n) is 9.40. The Balaban J connectivity index is 1.56. The van der Waals surface area contributed by atoms with Crippen LogP contribution >= 0.6 is 11.6 Å². The van der Waals surface area contributed by atoms with E-state index in [1.54, 1.807) is 50.4 Å². The van der Waals surface area contributed by atoms with Crippen molar-refractivity contribution >= 4 is 34.4 Å². The van der Waals surface area contributed by atoms with E-state index in [0.717, 1.165) is 11.1 Å². The molecule has 0 spiro atoms. The number of ether oxygens (including phenoxy) is 1. The van der Waals surface area contributed by atoms with Gasteiger partial charge in [-0.25, -0.2) is 4.98 Å². The van der Waals surface area contributed by atoms with Crippen LogP contribution in [0, 0.1) is 6.92 Å². The van der Waals surface area contributed by atoms with E-state index >= 15 is 0 Å². The first kappa shape index (κ1) is 19.9. The highest BCUT2D eigenvalue weighted by Gasteiger charge is 2.30. The highest BCUT2D eigenvalue weighted by atomic mass is 35.5. The zero-order chi connectivity index (χ0) is 21.3. The van der Waals surface area contributed by atoms with Gasteiger partial charge in [-0.2, -0.15) is 4.98 Å². The molecule has 0 radical (unpaired) electrons. The lowest BCUT2D eigenvalue weighted by Gasteiger charge is -2.26. The molecule has 2 aromatic carbocycles. The Morgan fingerprint density at radius 3 is 2.63 bits per heavy atom. The number of aryl methyl sites for hydroxylation is 1. The molecule has 0 unspecified atom stereocenters. The van der Waals surface area contributed by atoms with Crippen LogP contribution in [-0.2, 0) is 4.79 Å². The van der Waals surface area contributed by atoms with Crippen LogP contribution in [0.4, 0.5) is 5.69 Å². The number of amides is 1. The van der Waals surface area contributed by atoms with Crippen molar-refractivity contribution in [3.63, 3.8) is 0 Å². The van der Waals surface area contributed by atoms with Crippen molar-refractivity contribution in [2.45, 2.75) is 26.4 Å². The first-order chi connectivity index (χ1) is 14.3. The van der Waals surface area contributed by atoms with Gasteiger partial charge < -0.3 is 14.5 Å². The maximum absolute atomic E-state index is 12.9. The molecule has 2 aromatic heterocycles. The van der Waals surface area contributed by atoms with Crippen molar-refractivity contribution in [1.29, 1.82) is 0 Å². The number of benzene rings is 2. The number of nitrogens with zero attached hydrogens (tertiary/aromatic N) is 2. The third kappa shape index (κ3) is 4.14. The summed E-state index contributed by atoms with van der Waals surface area (Å²) in [6.07, 6.45) is 1.66. The Morgan fingerprint density at radius 1 is 1.13 bits per heavy atom. The number of fused-ring (bicyclic) bond motifs is 1. The van der Waals surface area contributed by atoms with Crippen LogP contribution in [0.1, 0.15) is 19.4 Å². The molecule has 0 saturated carbocycles. The van der Waals surface area contributed by atoms with Crippen LogP contribution in [0.25, 0.3) is 22.7 Å². The van der Waals surface area contributed by atoms with E-state index in [2.05, 4.69) is 15.3 Å². The number of carbonyl (C=O) groups excluding carboxylic acids is 1. The fourth-order valence-electron chi connectivity index (χ4n) is 2.90. The van der Waals surface area contributed by atoms with Crippen LogP contribution < -0.4 is 10.1 Å². The lowest BCUT2D eigenvalue weighted by atomic mass is 10.1. The molecule has 4 rings (SSSR count). The number of rotatable bonds is 5. The van der Waals surface area contributed by atoms with Gasteiger partial charge in [0, 0.05) is 22.5 Å². The molecule has 152 valence electrons. The van der Waals surface area contributed by atoms with Gasteiger partial charge in [0.15, 0.2) is 16.8 Å². The Bertz CT molecular complexity index is 1180. The Morgan fingerprint density at radius 2 is 1.90 bits per heavy atom. The lowest BCUT2D eigenvalue weighted by molar-refractivity contribution is -0.128. The molecule has 30 heavy (non-hydrogen) atoms. The summed E-state index contributed by atoms with van der Waals surface area (Å²) < 4.78 is 11.7. The van der Waals surface area contributed by atoms with Crippen LogP contribution in [0.2, 0.25) is 5.02 Å². The topological polar surface area (TPSA) is 77.3 Å². The van der Waals surface area contributed by atoms with Gasteiger partial charge in [-0.15, -0.1) is 0 Å². The molecule has 0 aliphatic rings. The maximum Gasteiger partial charge on any atom is 0.267 e. The van der Waals surface area contributed by atoms with Crippen molar-refractivity contribution in [3.05, 3.63) is 71.4 Å². The molecule has 2 heterocycles. The zero-order valence-corrected chi connectivity index (χ0v) is 17.5. The van der Waals surface area contributed by atoms with Crippen LogP contribution in [0.15, 0.2) is 65.2 Å².